The van der Waals surface area contributed by atoms with Crippen molar-refractivity contribution < 1.29 is 4.52 Å². The van der Waals surface area contributed by atoms with Crippen LogP contribution in [0.2, 0.25) is 0 Å². The number of benzene rings is 1. The highest BCUT2D eigenvalue weighted by molar-refractivity contribution is 9.11. The highest BCUT2D eigenvalue weighted by atomic mass is 79.9. The number of piperazine rings is 1. The van der Waals surface area contributed by atoms with Crippen molar-refractivity contribution in [2.75, 3.05) is 26.2 Å². The van der Waals surface area contributed by atoms with Gasteiger partial charge in [-0.05, 0) is 41.1 Å². The second kappa shape index (κ2) is 6.56. The fraction of sp³-hybridized carbons (Fsp3) is 0.429. The van der Waals surface area contributed by atoms with Crippen LogP contribution in [0, 0.1) is 0 Å². The van der Waals surface area contributed by atoms with Gasteiger partial charge in [0, 0.05) is 35.1 Å². The Hall–Kier alpha value is -0.760. The van der Waals surface area contributed by atoms with Crippen LogP contribution >= 0.6 is 31.9 Å². The summed E-state index contributed by atoms with van der Waals surface area (Å²) in [7, 11) is 0. The van der Waals surface area contributed by atoms with Crippen molar-refractivity contribution in [2.45, 2.75) is 13.0 Å². The van der Waals surface area contributed by atoms with Crippen molar-refractivity contribution in [1.82, 2.24) is 20.4 Å². The summed E-state index contributed by atoms with van der Waals surface area (Å²) >= 11 is 6.99. The Morgan fingerprint density at radius 1 is 1.29 bits per heavy atom. The molecule has 1 aromatic heterocycles. The summed E-state index contributed by atoms with van der Waals surface area (Å²) in [6.07, 6.45) is 0. The van der Waals surface area contributed by atoms with Crippen LogP contribution in [0.4, 0.5) is 0 Å². The monoisotopic (exact) mass is 414 g/mol. The largest absolute Gasteiger partial charge is 0.334 e. The summed E-state index contributed by atoms with van der Waals surface area (Å²) < 4.78 is 7.37. The predicted octanol–water partition coefficient (Wildman–Crippen LogP) is 3.23. The quantitative estimate of drug-likeness (QED) is 0.833. The minimum absolute atomic E-state index is 0.163. The van der Waals surface area contributed by atoms with Crippen LogP contribution < -0.4 is 5.32 Å². The standard InChI is InChI=1S/C14H16Br2N4O/c1-9(20-6-4-17-5-7-20)13-18-14(21-19-13)11-8-10(15)2-3-12(11)16/h2-3,8-9,17H,4-7H2,1H3. The highest BCUT2D eigenvalue weighted by Crippen LogP contribution is 2.31. The zero-order chi connectivity index (χ0) is 14.8. The minimum atomic E-state index is 0.163. The topological polar surface area (TPSA) is 54.2 Å². The molecule has 0 amide bonds. The first-order valence-corrected chi connectivity index (χ1v) is 8.47. The van der Waals surface area contributed by atoms with E-state index in [2.05, 4.69) is 59.1 Å². The zero-order valence-corrected chi connectivity index (χ0v) is 14.8. The Morgan fingerprint density at radius 3 is 2.81 bits per heavy atom. The molecule has 1 unspecified atom stereocenters. The molecule has 3 rings (SSSR count). The number of nitrogens with one attached hydrogen (secondary N) is 1. The normalized spacial score (nSPS) is 17.9. The van der Waals surface area contributed by atoms with Crippen LogP contribution in [0.15, 0.2) is 31.7 Å². The Morgan fingerprint density at radius 2 is 2.05 bits per heavy atom. The van der Waals surface area contributed by atoms with E-state index in [1.54, 1.807) is 0 Å². The van der Waals surface area contributed by atoms with Crippen LogP contribution in [0.1, 0.15) is 18.8 Å². The molecule has 1 aliphatic rings. The molecule has 1 aromatic carbocycles. The van der Waals surface area contributed by atoms with Crippen molar-refractivity contribution >= 4 is 31.9 Å². The van der Waals surface area contributed by atoms with Crippen LogP contribution in [-0.2, 0) is 0 Å². The molecule has 2 heterocycles. The second-order valence-electron chi connectivity index (χ2n) is 5.04. The number of rotatable bonds is 3. The van der Waals surface area contributed by atoms with Gasteiger partial charge in [-0.3, -0.25) is 4.90 Å². The molecule has 1 atom stereocenters. The summed E-state index contributed by atoms with van der Waals surface area (Å²) in [5.41, 5.74) is 0.899. The van der Waals surface area contributed by atoms with Crippen molar-refractivity contribution in [2.24, 2.45) is 0 Å². The molecule has 1 N–H and O–H groups in total. The van der Waals surface area contributed by atoms with Crippen LogP contribution in [0.5, 0.6) is 0 Å². The molecular weight excluding hydrogens is 400 g/mol. The number of halogens is 2. The Balaban J connectivity index is 1.84. The third-order valence-corrected chi connectivity index (χ3v) is 4.86. The molecule has 2 aromatic rings. The van der Waals surface area contributed by atoms with Gasteiger partial charge in [-0.15, -0.1) is 0 Å². The summed E-state index contributed by atoms with van der Waals surface area (Å²) in [6.45, 7) is 6.14. The van der Waals surface area contributed by atoms with Gasteiger partial charge in [0.2, 0.25) is 0 Å². The molecule has 1 aliphatic heterocycles. The van der Waals surface area contributed by atoms with E-state index in [0.717, 1.165) is 46.5 Å². The third kappa shape index (κ3) is 3.36. The van der Waals surface area contributed by atoms with Gasteiger partial charge in [-0.25, -0.2) is 0 Å². The molecule has 1 fully saturated rings. The molecule has 0 radical (unpaired) electrons. The van der Waals surface area contributed by atoms with Gasteiger partial charge in [0.05, 0.1) is 11.6 Å². The average Bonchev–Trinajstić information content (AvgIpc) is 2.99. The lowest BCUT2D eigenvalue weighted by Crippen LogP contribution is -2.44. The Kier molecular flexibility index (Phi) is 4.73. The maximum atomic E-state index is 5.44. The molecule has 0 spiro atoms. The van der Waals surface area contributed by atoms with E-state index in [1.165, 1.54) is 0 Å². The van der Waals surface area contributed by atoms with E-state index in [0.29, 0.717) is 5.89 Å². The van der Waals surface area contributed by atoms with Crippen LogP contribution in [-0.4, -0.2) is 41.2 Å². The third-order valence-electron chi connectivity index (χ3n) is 3.67. The summed E-state index contributed by atoms with van der Waals surface area (Å²) in [5, 5.41) is 7.50. The van der Waals surface area contributed by atoms with Crippen molar-refractivity contribution in [3.05, 3.63) is 33.0 Å². The molecule has 7 heteroatoms. The molecule has 1 saturated heterocycles. The Bertz CT molecular complexity index is 625. The summed E-state index contributed by atoms with van der Waals surface area (Å²) in [4.78, 5) is 6.93. The van der Waals surface area contributed by atoms with E-state index in [1.807, 2.05) is 18.2 Å². The molecule has 21 heavy (non-hydrogen) atoms. The van der Waals surface area contributed by atoms with Gasteiger partial charge in [0.25, 0.3) is 5.89 Å². The Labute approximate surface area is 140 Å². The lowest BCUT2D eigenvalue weighted by molar-refractivity contribution is 0.176. The van der Waals surface area contributed by atoms with Crippen molar-refractivity contribution in [3.63, 3.8) is 0 Å². The average molecular weight is 416 g/mol. The maximum Gasteiger partial charge on any atom is 0.259 e. The fourth-order valence-corrected chi connectivity index (χ4v) is 3.19. The highest BCUT2D eigenvalue weighted by Gasteiger charge is 2.23. The lowest BCUT2D eigenvalue weighted by atomic mass is 10.2. The number of hydrogen-bond donors (Lipinski definition) is 1. The second-order valence-corrected chi connectivity index (χ2v) is 6.81. The molecule has 112 valence electrons. The van der Waals surface area contributed by atoms with Crippen molar-refractivity contribution in [3.8, 4) is 11.5 Å². The first-order valence-electron chi connectivity index (χ1n) is 6.89. The maximum absolute atomic E-state index is 5.44. The minimum Gasteiger partial charge on any atom is -0.334 e. The van der Waals surface area contributed by atoms with Gasteiger partial charge < -0.3 is 9.84 Å². The van der Waals surface area contributed by atoms with E-state index in [4.69, 9.17) is 4.52 Å². The summed E-state index contributed by atoms with van der Waals surface area (Å²) in [6, 6.07) is 6.06. The lowest BCUT2D eigenvalue weighted by Gasteiger charge is -2.30. The predicted molar refractivity (Wildman–Crippen MR) is 88.0 cm³/mol. The van der Waals surface area contributed by atoms with Gasteiger partial charge in [0.15, 0.2) is 5.82 Å². The van der Waals surface area contributed by atoms with E-state index in [9.17, 15) is 0 Å². The van der Waals surface area contributed by atoms with E-state index >= 15 is 0 Å². The number of aromatic nitrogens is 2. The van der Waals surface area contributed by atoms with Gasteiger partial charge in [-0.1, -0.05) is 21.1 Å². The van der Waals surface area contributed by atoms with Gasteiger partial charge in [-0.2, -0.15) is 4.98 Å². The first kappa shape index (κ1) is 15.1. The van der Waals surface area contributed by atoms with Crippen LogP contribution in [0.25, 0.3) is 11.5 Å². The molecule has 0 saturated carbocycles. The smallest absolute Gasteiger partial charge is 0.259 e. The molecular formula is C14H16Br2N4O. The molecule has 0 bridgehead atoms. The zero-order valence-electron chi connectivity index (χ0n) is 11.6. The van der Waals surface area contributed by atoms with Crippen molar-refractivity contribution in [1.29, 1.82) is 0 Å². The molecule has 5 nitrogen and oxygen atoms in total. The van der Waals surface area contributed by atoms with E-state index in [-0.39, 0.29) is 6.04 Å². The number of nitrogens with zero attached hydrogens (tertiary/aromatic N) is 3. The van der Waals surface area contributed by atoms with E-state index < -0.39 is 0 Å². The van der Waals surface area contributed by atoms with Gasteiger partial charge >= 0.3 is 0 Å². The first-order chi connectivity index (χ1) is 10.1. The fourth-order valence-electron chi connectivity index (χ4n) is 2.41. The SMILES string of the molecule is CC(c1noc(-c2cc(Br)ccc2Br)n1)N1CCNCC1. The molecule has 0 aliphatic carbocycles. The van der Waals surface area contributed by atoms with Gasteiger partial charge in [0.1, 0.15) is 0 Å². The number of hydrogen-bond acceptors (Lipinski definition) is 5. The van der Waals surface area contributed by atoms with Crippen LogP contribution in [0.3, 0.4) is 0 Å². The summed E-state index contributed by atoms with van der Waals surface area (Å²) in [5.74, 6) is 1.28.